The zero-order valence-electron chi connectivity index (χ0n) is 16.0. The summed E-state index contributed by atoms with van der Waals surface area (Å²) in [4.78, 5) is 33.4. The fourth-order valence-corrected chi connectivity index (χ4v) is 4.15. The van der Waals surface area contributed by atoms with Crippen LogP contribution in [0.25, 0.3) is 17.0 Å². The van der Waals surface area contributed by atoms with Crippen molar-refractivity contribution in [2.75, 3.05) is 7.05 Å². The number of para-hydroxylation sites is 1. The lowest BCUT2D eigenvalue weighted by Gasteiger charge is -2.03. The minimum Gasteiger partial charge on any atom is -0.355 e. The van der Waals surface area contributed by atoms with Crippen molar-refractivity contribution in [2.45, 2.75) is 0 Å². The van der Waals surface area contributed by atoms with Crippen molar-refractivity contribution < 1.29 is 9.59 Å². The van der Waals surface area contributed by atoms with Crippen molar-refractivity contribution >= 4 is 87.0 Å². The molecule has 2 N–H and O–H groups in total. The third-order valence-electron chi connectivity index (χ3n) is 4.29. The number of halogens is 3. The van der Waals surface area contributed by atoms with Crippen molar-refractivity contribution in [1.29, 1.82) is 0 Å². The molecule has 1 aliphatic rings. The van der Waals surface area contributed by atoms with E-state index in [0.717, 1.165) is 16.5 Å². The minimum absolute atomic E-state index is 0. The minimum atomic E-state index is -0.265. The van der Waals surface area contributed by atoms with Crippen molar-refractivity contribution in [2.24, 2.45) is 4.99 Å². The van der Waals surface area contributed by atoms with E-state index < -0.39 is 0 Å². The molecule has 0 aliphatic carbocycles. The van der Waals surface area contributed by atoms with Crippen LogP contribution in [0.3, 0.4) is 0 Å². The van der Waals surface area contributed by atoms with E-state index in [2.05, 4.69) is 20.6 Å². The number of carbonyl (C=O) groups is 2. The Kier molecular flexibility index (Phi) is 7.23. The molecule has 0 saturated carbocycles. The van der Waals surface area contributed by atoms with Gasteiger partial charge < -0.3 is 10.6 Å². The standard InChI is InChI=1S/C21H14Cl2N4O2S.ClH/c1-24-19(28)13-9-12-7-11(5-6-16(12)25-10-13)8-17-20(29)27-21(30-17)26-18-14(22)3-2-4-15(18)23;/h2-10H,1H3,(H,24,28)(H,26,27,29);1H. The van der Waals surface area contributed by atoms with Crippen LogP contribution in [0.4, 0.5) is 5.69 Å². The SMILES string of the molecule is CNC(=O)c1cnc2ccc(C=C3SC(=Nc4c(Cl)cccc4Cl)NC3=O)cc2c1.Cl. The normalized spacial score (nSPS) is 15.8. The van der Waals surface area contributed by atoms with Crippen molar-refractivity contribution in [1.82, 2.24) is 15.6 Å². The second-order valence-corrected chi connectivity index (χ2v) is 8.15. The van der Waals surface area contributed by atoms with Gasteiger partial charge in [0.15, 0.2) is 5.17 Å². The van der Waals surface area contributed by atoms with Gasteiger partial charge in [-0.25, -0.2) is 4.99 Å². The van der Waals surface area contributed by atoms with Gasteiger partial charge >= 0.3 is 0 Å². The van der Waals surface area contributed by atoms with Gasteiger partial charge in [-0.05, 0) is 53.7 Å². The smallest absolute Gasteiger partial charge is 0.264 e. The number of aliphatic imine (C=N–C) groups is 1. The van der Waals surface area contributed by atoms with Gasteiger partial charge in [0.1, 0.15) is 5.69 Å². The molecule has 2 amide bonds. The lowest BCUT2D eigenvalue weighted by molar-refractivity contribution is -0.115. The van der Waals surface area contributed by atoms with Gasteiger partial charge in [-0.3, -0.25) is 14.6 Å². The molecule has 0 unspecified atom stereocenters. The van der Waals surface area contributed by atoms with Crippen LogP contribution in [0.5, 0.6) is 0 Å². The summed E-state index contributed by atoms with van der Waals surface area (Å²) in [5.74, 6) is -0.475. The molecule has 2 heterocycles. The zero-order valence-corrected chi connectivity index (χ0v) is 19.1. The molecule has 6 nitrogen and oxygen atoms in total. The van der Waals surface area contributed by atoms with E-state index in [0.29, 0.717) is 31.4 Å². The lowest BCUT2D eigenvalue weighted by Crippen LogP contribution is -2.19. The first-order valence-electron chi connectivity index (χ1n) is 8.80. The van der Waals surface area contributed by atoms with Crippen molar-refractivity contribution in [3.63, 3.8) is 0 Å². The van der Waals surface area contributed by atoms with Gasteiger partial charge in [0.25, 0.3) is 11.8 Å². The largest absolute Gasteiger partial charge is 0.355 e. The van der Waals surface area contributed by atoms with Crippen LogP contribution in [-0.2, 0) is 4.79 Å². The third kappa shape index (κ3) is 5.02. The van der Waals surface area contributed by atoms with Crippen LogP contribution in [-0.4, -0.2) is 29.0 Å². The molecule has 0 radical (unpaired) electrons. The lowest BCUT2D eigenvalue weighted by atomic mass is 10.1. The van der Waals surface area contributed by atoms with E-state index in [-0.39, 0.29) is 24.2 Å². The van der Waals surface area contributed by atoms with Crippen molar-refractivity contribution in [3.05, 3.63) is 74.7 Å². The summed E-state index contributed by atoms with van der Waals surface area (Å²) < 4.78 is 0. The average molecular weight is 494 g/mol. The van der Waals surface area contributed by atoms with Crippen LogP contribution in [0.15, 0.2) is 58.6 Å². The Labute approximate surface area is 198 Å². The van der Waals surface area contributed by atoms with Crippen LogP contribution < -0.4 is 10.6 Å². The molecule has 1 aromatic heterocycles. The number of pyridine rings is 1. The van der Waals surface area contributed by atoms with E-state index in [1.54, 1.807) is 37.4 Å². The summed E-state index contributed by atoms with van der Waals surface area (Å²) in [5, 5.41) is 7.29. The monoisotopic (exact) mass is 492 g/mol. The Morgan fingerprint density at radius 2 is 1.94 bits per heavy atom. The molecule has 0 spiro atoms. The predicted octanol–water partition coefficient (Wildman–Crippen LogP) is 5.21. The first-order chi connectivity index (χ1) is 14.4. The first kappa shape index (κ1) is 23.1. The van der Waals surface area contributed by atoms with Gasteiger partial charge in [-0.2, -0.15) is 0 Å². The highest BCUT2D eigenvalue weighted by Crippen LogP contribution is 2.35. The fourth-order valence-electron chi connectivity index (χ4n) is 2.84. The van der Waals surface area contributed by atoms with Gasteiger partial charge in [-0.15, -0.1) is 12.4 Å². The third-order valence-corrected chi connectivity index (χ3v) is 5.81. The Bertz CT molecular complexity index is 1240. The van der Waals surface area contributed by atoms with Gasteiger partial charge in [0.05, 0.1) is 26.0 Å². The number of aromatic nitrogens is 1. The van der Waals surface area contributed by atoms with Crippen LogP contribution in [0.1, 0.15) is 15.9 Å². The molecule has 0 bridgehead atoms. The van der Waals surface area contributed by atoms with Gasteiger partial charge in [0.2, 0.25) is 0 Å². The maximum atomic E-state index is 12.4. The van der Waals surface area contributed by atoms with Gasteiger partial charge in [-0.1, -0.05) is 35.3 Å². The molecule has 2 aromatic carbocycles. The average Bonchev–Trinajstić information content (AvgIpc) is 3.08. The number of nitrogens with one attached hydrogen (secondary N) is 2. The molecule has 1 saturated heterocycles. The number of rotatable bonds is 3. The summed E-state index contributed by atoms with van der Waals surface area (Å²) in [6.07, 6.45) is 3.28. The number of hydrogen-bond donors (Lipinski definition) is 2. The number of benzene rings is 2. The number of hydrogen-bond acceptors (Lipinski definition) is 5. The highest BCUT2D eigenvalue weighted by Gasteiger charge is 2.24. The number of amidine groups is 1. The second-order valence-electron chi connectivity index (χ2n) is 6.31. The van der Waals surface area contributed by atoms with Crippen LogP contribution in [0, 0.1) is 0 Å². The van der Waals surface area contributed by atoms with Crippen LogP contribution >= 0.6 is 47.4 Å². The molecule has 1 aliphatic heterocycles. The van der Waals surface area contributed by atoms with Crippen LogP contribution in [0.2, 0.25) is 10.0 Å². The Hall–Kier alpha value is -2.58. The molecule has 4 rings (SSSR count). The molecule has 10 heteroatoms. The number of nitrogens with zero attached hydrogens (tertiary/aromatic N) is 2. The van der Waals surface area contributed by atoms with E-state index >= 15 is 0 Å². The van der Waals surface area contributed by atoms with E-state index in [1.165, 1.54) is 18.0 Å². The summed E-state index contributed by atoms with van der Waals surface area (Å²) in [6, 6.07) is 12.4. The molecule has 158 valence electrons. The number of amides is 2. The maximum Gasteiger partial charge on any atom is 0.264 e. The van der Waals surface area contributed by atoms with E-state index in [4.69, 9.17) is 23.2 Å². The molecule has 3 aromatic rings. The molecular formula is C21H15Cl3N4O2S. The summed E-state index contributed by atoms with van der Waals surface area (Å²) in [7, 11) is 1.57. The predicted molar refractivity (Wildman–Crippen MR) is 130 cm³/mol. The maximum absolute atomic E-state index is 12.4. The quantitative estimate of drug-likeness (QED) is 0.490. The molecular weight excluding hydrogens is 479 g/mol. The van der Waals surface area contributed by atoms with E-state index in [1.807, 2.05) is 18.2 Å². The Morgan fingerprint density at radius 1 is 1.19 bits per heavy atom. The molecule has 1 fully saturated rings. The summed E-state index contributed by atoms with van der Waals surface area (Å²) in [6.45, 7) is 0. The number of thioether (sulfide) groups is 1. The second kappa shape index (κ2) is 9.70. The Balaban J connectivity index is 0.00000272. The number of fused-ring (bicyclic) bond motifs is 1. The molecule has 0 atom stereocenters. The topological polar surface area (TPSA) is 83.4 Å². The highest BCUT2D eigenvalue weighted by molar-refractivity contribution is 8.18. The summed E-state index contributed by atoms with van der Waals surface area (Å²) in [5.41, 5.74) is 2.43. The summed E-state index contributed by atoms with van der Waals surface area (Å²) >= 11 is 13.5. The highest BCUT2D eigenvalue weighted by atomic mass is 35.5. The molecule has 31 heavy (non-hydrogen) atoms. The van der Waals surface area contributed by atoms with E-state index in [9.17, 15) is 9.59 Å². The zero-order chi connectivity index (χ0) is 21.3. The first-order valence-corrected chi connectivity index (χ1v) is 10.4. The van der Waals surface area contributed by atoms with Gasteiger partial charge in [0, 0.05) is 18.6 Å². The number of carbonyl (C=O) groups excluding carboxylic acids is 2. The fraction of sp³-hybridized carbons (Fsp3) is 0.0476. The Morgan fingerprint density at radius 3 is 2.65 bits per heavy atom. The van der Waals surface area contributed by atoms with Crippen molar-refractivity contribution in [3.8, 4) is 0 Å².